The van der Waals surface area contributed by atoms with E-state index < -0.39 is 0 Å². The van der Waals surface area contributed by atoms with E-state index in [-0.39, 0.29) is 11.8 Å². The average Bonchev–Trinajstić information content (AvgIpc) is 3.02. The Bertz CT molecular complexity index is 910. The molecule has 6 nitrogen and oxygen atoms in total. The Hall–Kier alpha value is -3.06. The van der Waals surface area contributed by atoms with E-state index in [0.29, 0.717) is 28.1 Å². The highest BCUT2D eigenvalue weighted by atomic mass is 32.1. The summed E-state index contributed by atoms with van der Waals surface area (Å²) >= 11 is 1.20. The van der Waals surface area contributed by atoms with E-state index >= 15 is 0 Å². The molecule has 0 aliphatic carbocycles. The van der Waals surface area contributed by atoms with Gasteiger partial charge in [-0.3, -0.25) is 14.5 Å². The van der Waals surface area contributed by atoms with Crippen molar-refractivity contribution in [2.24, 2.45) is 0 Å². The molecule has 26 heavy (non-hydrogen) atoms. The number of amides is 2. The van der Waals surface area contributed by atoms with Crippen LogP contribution in [0.25, 0.3) is 0 Å². The number of nitrogens with one attached hydrogen (secondary N) is 1. The maximum Gasteiger partial charge on any atom is 0.268 e. The van der Waals surface area contributed by atoms with Gasteiger partial charge in [0.2, 0.25) is 5.91 Å². The van der Waals surface area contributed by atoms with Crippen molar-refractivity contribution < 1.29 is 9.59 Å². The first kappa shape index (κ1) is 17.8. The van der Waals surface area contributed by atoms with Crippen molar-refractivity contribution >= 4 is 34.1 Å². The Morgan fingerprint density at radius 1 is 1.12 bits per heavy atom. The first-order valence-electron chi connectivity index (χ1n) is 8.06. The highest BCUT2D eigenvalue weighted by Gasteiger charge is 2.21. The number of pyridine rings is 1. The molecule has 2 heterocycles. The maximum atomic E-state index is 12.5. The van der Waals surface area contributed by atoms with E-state index in [4.69, 9.17) is 0 Å². The number of hydrogen-bond donors (Lipinski definition) is 1. The molecule has 2 aromatic heterocycles. The monoisotopic (exact) mass is 366 g/mol. The normalized spacial score (nSPS) is 10.4. The number of rotatable bonds is 5. The van der Waals surface area contributed by atoms with Crippen molar-refractivity contribution in [2.75, 3.05) is 10.2 Å². The fraction of sp³-hybridized carbons (Fsp3) is 0.158. The van der Waals surface area contributed by atoms with Gasteiger partial charge in [0.1, 0.15) is 10.7 Å². The third-order valence-electron chi connectivity index (χ3n) is 3.69. The molecule has 0 atom stereocenters. The summed E-state index contributed by atoms with van der Waals surface area (Å²) in [5.74, 6) is 0.0620. The lowest BCUT2D eigenvalue weighted by molar-refractivity contribution is -0.116. The number of carbonyl (C=O) groups excluding carboxylic acids is 2. The molecular weight excluding hydrogens is 348 g/mol. The Morgan fingerprint density at radius 2 is 1.85 bits per heavy atom. The number of nitrogens with zero attached hydrogens (tertiary/aromatic N) is 3. The third kappa shape index (κ3) is 4.12. The van der Waals surface area contributed by atoms with Crippen LogP contribution in [0.2, 0.25) is 0 Å². The summed E-state index contributed by atoms with van der Waals surface area (Å²) in [5, 5.41) is 3.25. The lowest BCUT2D eigenvalue weighted by Gasteiger charge is -2.17. The minimum atomic E-state index is -0.284. The lowest BCUT2D eigenvalue weighted by atomic mass is 10.2. The number of hydrogen-bond acceptors (Lipinski definition) is 5. The quantitative estimate of drug-likeness (QED) is 0.748. The van der Waals surface area contributed by atoms with Crippen molar-refractivity contribution in [2.45, 2.75) is 20.4 Å². The molecule has 0 radical (unpaired) electrons. The van der Waals surface area contributed by atoms with Crippen LogP contribution in [-0.4, -0.2) is 21.8 Å². The minimum absolute atomic E-state index is 0.126. The first-order valence-corrected chi connectivity index (χ1v) is 8.88. The van der Waals surface area contributed by atoms with Gasteiger partial charge in [-0.15, -0.1) is 0 Å². The van der Waals surface area contributed by atoms with Crippen LogP contribution in [0.4, 0.5) is 10.9 Å². The number of benzene rings is 1. The Labute approximate surface area is 155 Å². The van der Waals surface area contributed by atoms with E-state index in [1.54, 1.807) is 36.2 Å². The Balaban J connectivity index is 1.83. The number of aromatic nitrogens is 2. The van der Waals surface area contributed by atoms with Gasteiger partial charge in [-0.2, -0.15) is 0 Å². The van der Waals surface area contributed by atoms with Gasteiger partial charge in [0.05, 0.1) is 12.2 Å². The molecule has 132 valence electrons. The van der Waals surface area contributed by atoms with Gasteiger partial charge in [-0.05, 0) is 24.6 Å². The molecule has 0 aliphatic rings. The Morgan fingerprint density at radius 3 is 2.50 bits per heavy atom. The van der Waals surface area contributed by atoms with E-state index in [2.05, 4.69) is 15.3 Å². The van der Waals surface area contributed by atoms with Crippen molar-refractivity contribution in [1.82, 2.24) is 9.97 Å². The van der Waals surface area contributed by atoms with Gasteiger partial charge in [-0.25, -0.2) is 9.97 Å². The summed E-state index contributed by atoms with van der Waals surface area (Å²) in [6.45, 7) is 3.66. The Kier molecular flexibility index (Phi) is 5.38. The minimum Gasteiger partial charge on any atom is -0.306 e. The van der Waals surface area contributed by atoms with E-state index in [0.717, 1.165) is 5.56 Å². The molecule has 3 rings (SSSR count). The highest BCUT2D eigenvalue weighted by Crippen LogP contribution is 2.28. The lowest BCUT2D eigenvalue weighted by Crippen LogP contribution is -2.27. The smallest absolute Gasteiger partial charge is 0.268 e. The van der Waals surface area contributed by atoms with Gasteiger partial charge in [0.15, 0.2) is 5.13 Å². The highest BCUT2D eigenvalue weighted by molar-refractivity contribution is 7.17. The fourth-order valence-corrected chi connectivity index (χ4v) is 3.40. The largest absolute Gasteiger partial charge is 0.306 e. The second-order valence-electron chi connectivity index (χ2n) is 5.67. The summed E-state index contributed by atoms with van der Waals surface area (Å²) in [4.78, 5) is 35.2. The van der Waals surface area contributed by atoms with Crippen molar-refractivity contribution in [3.8, 4) is 0 Å². The average molecular weight is 366 g/mol. The van der Waals surface area contributed by atoms with E-state index in [1.807, 2.05) is 30.3 Å². The topological polar surface area (TPSA) is 75.2 Å². The molecule has 0 unspecified atom stereocenters. The molecule has 0 bridgehead atoms. The van der Waals surface area contributed by atoms with Crippen molar-refractivity contribution in [3.05, 3.63) is 70.9 Å². The SMILES string of the molecule is CC(=O)N(Cc1ccccc1)c1nc(C)c(C(=O)Nc2ccccn2)s1. The van der Waals surface area contributed by atoms with Crippen LogP contribution in [0, 0.1) is 6.92 Å². The van der Waals surface area contributed by atoms with Crippen LogP contribution in [-0.2, 0) is 11.3 Å². The van der Waals surface area contributed by atoms with Gasteiger partial charge < -0.3 is 5.32 Å². The zero-order valence-corrected chi connectivity index (χ0v) is 15.3. The van der Waals surface area contributed by atoms with Crippen LogP contribution in [0.1, 0.15) is 27.9 Å². The molecule has 1 N–H and O–H groups in total. The van der Waals surface area contributed by atoms with E-state index in [9.17, 15) is 9.59 Å². The summed E-state index contributed by atoms with van der Waals surface area (Å²) in [6.07, 6.45) is 1.61. The number of thiazole rings is 1. The standard InChI is InChI=1S/C19H18N4O2S/c1-13-17(18(25)22-16-10-6-7-11-20-16)26-19(21-13)23(14(2)24)12-15-8-4-3-5-9-15/h3-11H,12H2,1-2H3,(H,20,22,25). The number of anilines is 2. The molecule has 2 amide bonds. The van der Waals surface area contributed by atoms with Crippen LogP contribution in [0.5, 0.6) is 0 Å². The molecule has 7 heteroatoms. The van der Waals surface area contributed by atoms with E-state index in [1.165, 1.54) is 18.3 Å². The molecule has 1 aromatic carbocycles. The second kappa shape index (κ2) is 7.88. The van der Waals surface area contributed by atoms with Gasteiger partial charge in [0, 0.05) is 13.1 Å². The van der Waals surface area contributed by atoms with Crippen LogP contribution in [0.15, 0.2) is 54.7 Å². The van der Waals surface area contributed by atoms with Crippen molar-refractivity contribution in [3.63, 3.8) is 0 Å². The van der Waals surface area contributed by atoms with Crippen LogP contribution < -0.4 is 10.2 Å². The second-order valence-corrected chi connectivity index (χ2v) is 6.65. The van der Waals surface area contributed by atoms with Crippen LogP contribution >= 0.6 is 11.3 Å². The zero-order chi connectivity index (χ0) is 18.5. The van der Waals surface area contributed by atoms with Crippen molar-refractivity contribution in [1.29, 1.82) is 0 Å². The van der Waals surface area contributed by atoms with Crippen LogP contribution in [0.3, 0.4) is 0 Å². The molecule has 0 spiro atoms. The summed E-state index contributed by atoms with van der Waals surface area (Å²) in [5.41, 5.74) is 1.58. The third-order valence-corrected chi connectivity index (χ3v) is 4.87. The summed E-state index contributed by atoms with van der Waals surface area (Å²) < 4.78 is 0. The predicted molar refractivity (Wildman–Crippen MR) is 102 cm³/mol. The molecule has 3 aromatic rings. The zero-order valence-electron chi connectivity index (χ0n) is 14.5. The molecular formula is C19H18N4O2S. The molecule has 0 saturated heterocycles. The molecule has 0 fully saturated rings. The van der Waals surface area contributed by atoms with Gasteiger partial charge in [0.25, 0.3) is 5.91 Å². The maximum absolute atomic E-state index is 12.5. The molecule has 0 aliphatic heterocycles. The molecule has 0 saturated carbocycles. The fourth-order valence-electron chi connectivity index (χ4n) is 2.40. The van der Waals surface area contributed by atoms with Gasteiger partial charge in [-0.1, -0.05) is 47.7 Å². The first-order chi connectivity index (χ1) is 12.5. The summed E-state index contributed by atoms with van der Waals surface area (Å²) in [6, 6.07) is 15.0. The number of carbonyl (C=O) groups is 2. The number of aryl methyl sites for hydroxylation is 1. The summed E-state index contributed by atoms with van der Waals surface area (Å²) in [7, 11) is 0. The predicted octanol–water partition coefficient (Wildman–Crippen LogP) is 3.65. The van der Waals surface area contributed by atoms with Gasteiger partial charge >= 0.3 is 0 Å².